The fourth-order valence-electron chi connectivity index (χ4n) is 11.6. The summed E-state index contributed by atoms with van der Waals surface area (Å²) >= 11 is 0. The van der Waals surface area contributed by atoms with Crippen LogP contribution in [0.15, 0.2) is 259 Å². The average Bonchev–Trinajstić information content (AvgIpc) is 4.06. The van der Waals surface area contributed by atoms with Gasteiger partial charge >= 0.3 is 0 Å². The second kappa shape index (κ2) is 15.1. The van der Waals surface area contributed by atoms with E-state index in [1.807, 2.05) is 12.1 Å². The SMILES string of the molecule is c1ccc(C2(c3ccc(N(c4cccc(-n5c6ccccc6c6ccccc65)c4)c4ccc(-c5ccc6oc7ccccc7c6c5)c5ccccc45)cc3)c3ccccc3-c3ccccc32)cc1. The molecule has 0 unspecified atom stereocenters. The monoisotopic (exact) mass is 866 g/mol. The molecule has 1 aliphatic rings. The number of nitrogens with zero attached hydrogens (tertiary/aromatic N) is 2. The minimum absolute atomic E-state index is 0.496. The molecule has 1 aliphatic carbocycles. The molecule has 0 spiro atoms. The van der Waals surface area contributed by atoms with Crippen LogP contribution in [0.25, 0.3) is 82.5 Å². The number of para-hydroxylation sites is 3. The van der Waals surface area contributed by atoms with Crippen LogP contribution in [-0.4, -0.2) is 4.57 Å². The molecular weight excluding hydrogens is 825 g/mol. The largest absolute Gasteiger partial charge is 0.456 e. The summed E-state index contributed by atoms with van der Waals surface area (Å²) in [6, 6.07) is 93.2. The van der Waals surface area contributed by atoms with E-state index in [9.17, 15) is 0 Å². The topological polar surface area (TPSA) is 21.3 Å². The van der Waals surface area contributed by atoms with Crippen LogP contribution < -0.4 is 4.90 Å². The van der Waals surface area contributed by atoms with Crippen molar-refractivity contribution in [1.29, 1.82) is 0 Å². The molecule has 14 rings (SSSR count). The lowest BCUT2D eigenvalue weighted by Crippen LogP contribution is -2.28. The summed E-state index contributed by atoms with van der Waals surface area (Å²) in [6.07, 6.45) is 0. The van der Waals surface area contributed by atoms with Crippen LogP contribution in [0.1, 0.15) is 22.3 Å². The molecule has 3 nitrogen and oxygen atoms in total. The van der Waals surface area contributed by atoms with Gasteiger partial charge < -0.3 is 13.9 Å². The Hall–Kier alpha value is -8.92. The van der Waals surface area contributed by atoms with E-state index in [4.69, 9.17) is 4.42 Å². The van der Waals surface area contributed by atoms with Gasteiger partial charge in [0.1, 0.15) is 11.2 Å². The molecule has 0 atom stereocenters. The first-order valence-corrected chi connectivity index (χ1v) is 23.4. The standard InChI is InChI=1S/C65H42N2O/c1-2-17-44(18-3-1)65(58-28-11-6-22-51(58)52-23-7-12-29-59(52)65)45-34-36-46(37-35-45)66(47-19-16-20-48(42-47)67-60-30-13-8-25-54(60)55-26-9-14-31-61(55)67)62-39-38-49(50-21-4-5-24-53(50)62)43-33-40-64-57(41-43)56-27-10-15-32-63(56)68-64/h1-42H. The molecular formula is C65H42N2O. The molecule has 0 bridgehead atoms. The first-order valence-electron chi connectivity index (χ1n) is 23.4. The van der Waals surface area contributed by atoms with Gasteiger partial charge in [-0.3, -0.25) is 0 Å². The van der Waals surface area contributed by atoms with E-state index in [0.29, 0.717) is 0 Å². The predicted molar refractivity (Wildman–Crippen MR) is 283 cm³/mol. The summed E-state index contributed by atoms with van der Waals surface area (Å²) in [4.78, 5) is 2.45. The number of benzene rings is 11. The zero-order valence-electron chi connectivity index (χ0n) is 37.1. The Morgan fingerprint density at radius 3 is 1.63 bits per heavy atom. The molecule has 13 aromatic rings. The van der Waals surface area contributed by atoms with Crippen molar-refractivity contribution in [2.75, 3.05) is 4.90 Å². The maximum atomic E-state index is 6.26. The van der Waals surface area contributed by atoms with E-state index in [1.165, 1.54) is 66.1 Å². The van der Waals surface area contributed by atoms with Crippen LogP contribution >= 0.6 is 0 Å². The molecule has 2 heterocycles. The van der Waals surface area contributed by atoms with Gasteiger partial charge in [-0.15, -0.1) is 0 Å². The molecule has 0 aliphatic heterocycles. The Bertz CT molecular complexity index is 4000. The van der Waals surface area contributed by atoms with Gasteiger partial charge in [0.15, 0.2) is 0 Å². The van der Waals surface area contributed by atoms with E-state index in [-0.39, 0.29) is 0 Å². The van der Waals surface area contributed by atoms with Crippen LogP contribution in [-0.2, 0) is 5.41 Å². The molecule has 0 radical (unpaired) electrons. The molecule has 0 N–H and O–H groups in total. The van der Waals surface area contributed by atoms with Gasteiger partial charge in [0.2, 0.25) is 0 Å². The van der Waals surface area contributed by atoms with Gasteiger partial charge in [-0.05, 0) is 117 Å². The first kappa shape index (κ1) is 38.4. The van der Waals surface area contributed by atoms with Crippen molar-refractivity contribution in [3.05, 3.63) is 277 Å². The molecule has 2 aromatic heterocycles. The second-order valence-corrected chi connectivity index (χ2v) is 18.0. The minimum Gasteiger partial charge on any atom is -0.456 e. The summed E-state index contributed by atoms with van der Waals surface area (Å²) in [7, 11) is 0. The maximum Gasteiger partial charge on any atom is 0.135 e. The van der Waals surface area contributed by atoms with Gasteiger partial charge in [-0.25, -0.2) is 0 Å². The zero-order valence-corrected chi connectivity index (χ0v) is 37.1. The van der Waals surface area contributed by atoms with Crippen molar-refractivity contribution in [3.8, 4) is 27.9 Å². The Labute approximate surface area is 394 Å². The summed E-state index contributed by atoms with van der Waals surface area (Å²) in [5, 5.41) is 7.07. The molecule has 3 heteroatoms. The third kappa shape index (κ3) is 5.60. The highest BCUT2D eigenvalue weighted by molar-refractivity contribution is 6.11. The van der Waals surface area contributed by atoms with Crippen LogP contribution in [0.5, 0.6) is 0 Å². The Morgan fingerprint density at radius 1 is 0.338 bits per heavy atom. The van der Waals surface area contributed by atoms with Gasteiger partial charge in [0.25, 0.3) is 0 Å². The lowest BCUT2D eigenvalue weighted by Gasteiger charge is -2.34. The number of fused-ring (bicyclic) bond motifs is 10. The minimum atomic E-state index is -0.496. The molecule has 0 saturated heterocycles. The predicted octanol–water partition coefficient (Wildman–Crippen LogP) is 17.3. The fraction of sp³-hybridized carbons (Fsp3) is 0.0154. The highest BCUT2D eigenvalue weighted by Crippen LogP contribution is 2.56. The van der Waals surface area contributed by atoms with Crippen molar-refractivity contribution < 1.29 is 4.42 Å². The molecule has 0 fully saturated rings. The molecule has 318 valence electrons. The third-order valence-electron chi connectivity index (χ3n) is 14.5. The fourth-order valence-corrected chi connectivity index (χ4v) is 11.6. The number of hydrogen-bond donors (Lipinski definition) is 0. The normalized spacial score (nSPS) is 12.8. The lowest BCUT2D eigenvalue weighted by molar-refractivity contribution is 0.669. The summed E-state index contributed by atoms with van der Waals surface area (Å²) in [6.45, 7) is 0. The van der Waals surface area contributed by atoms with Crippen molar-refractivity contribution in [3.63, 3.8) is 0 Å². The number of furan rings is 1. The lowest BCUT2D eigenvalue weighted by atomic mass is 9.68. The van der Waals surface area contributed by atoms with Crippen LogP contribution in [0.4, 0.5) is 17.1 Å². The van der Waals surface area contributed by atoms with Crippen molar-refractivity contribution in [2.24, 2.45) is 0 Å². The van der Waals surface area contributed by atoms with Crippen molar-refractivity contribution in [2.45, 2.75) is 5.41 Å². The highest BCUT2D eigenvalue weighted by Gasteiger charge is 2.45. The summed E-state index contributed by atoms with van der Waals surface area (Å²) in [5.41, 5.74) is 18.0. The maximum absolute atomic E-state index is 6.26. The van der Waals surface area contributed by atoms with Gasteiger partial charge in [0.05, 0.1) is 22.1 Å². The number of hydrogen-bond acceptors (Lipinski definition) is 2. The zero-order chi connectivity index (χ0) is 44.8. The summed E-state index contributed by atoms with van der Waals surface area (Å²) in [5.74, 6) is 0. The Morgan fingerprint density at radius 2 is 0.912 bits per heavy atom. The first-order chi connectivity index (χ1) is 33.7. The second-order valence-electron chi connectivity index (χ2n) is 18.0. The average molecular weight is 867 g/mol. The highest BCUT2D eigenvalue weighted by atomic mass is 16.3. The molecule has 68 heavy (non-hydrogen) atoms. The van der Waals surface area contributed by atoms with Gasteiger partial charge in [0, 0.05) is 44.0 Å². The van der Waals surface area contributed by atoms with Crippen molar-refractivity contribution >= 4 is 71.6 Å². The van der Waals surface area contributed by atoms with E-state index in [2.05, 4.69) is 252 Å². The Kier molecular flexibility index (Phi) is 8.50. The van der Waals surface area contributed by atoms with Crippen molar-refractivity contribution in [1.82, 2.24) is 4.57 Å². The van der Waals surface area contributed by atoms with Crippen LogP contribution in [0.3, 0.4) is 0 Å². The number of anilines is 3. The number of aromatic nitrogens is 1. The molecule has 0 amide bonds. The van der Waals surface area contributed by atoms with Gasteiger partial charge in [-0.2, -0.15) is 0 Å². The van der Waals surface area contributed by atoms with Crippen LogP contribution in [0, 0.1) is 0 Å². The van der Waals surface area contributed by atoms with E-state index in [0.717, 1.165) is 55.6 Å². The van der Waals surface area contributed by atoms with Crippen LogP contribution in [0.2, 0.25) is 0 Å². The van der Waals surface area contributed by atoms with E-state index < -0.39 is 5.41 Å². The quantitative estimate of drug-likeness (QED) is 0.159. The van der Waals surface area contributed by atoms with E-state index >= 15 is 0 Å². The third-order valence-corrected chi connectivity index (χ3v) is 14.5. The Balaban J connectivity index is 0.986. The molecule has 0 saturated carbocycles. The smallest absolute Gasteiger partial charge is 0.135 e. The van der Waals surface area contributed by atoms with E-state index in [1.54, 1.807) is 0 Å². The number of rotatable bonds is 7. The molecule has 11 aromatic carbocycles. The van der Waals surface area contributed by atoms with Gasteiger partial charge in [-0.1, -0.05) is 188 Å². The summed E-state index contributed by atoms with van der Waals surface area (Å²) < 4.78 is 8.67.